The molecule has 0 heterocycles. The van der Waals surface area contributed by atoms with Crippen molar-refractivity contribution in [1.82, 2.24) is 5.32 Å². The van der Waals surface area contributed by atoms with Gasteiger partial charge < -0.3 is 10.1 Å². The summed E-state index contributed by atoms with van der Waals surface area (Å²) in [5, 5.41) is 2.87. The van der Waals surface area contributed by atoms with E-state index in [-0.39, 0.29) is 11.9 Å². The number of rotatable bonds is 7. The number of allylic oxidation sites excluding steroid dienone is 1. The Labute approximate surface area is 132 Å². The molecule has 0 aliphatic carbocycles. The number of carbonyl (C=O) groups is 2. The number of ether oxygens (including phenoxy) is 1. The fraction of sp³-hybridized carbons (Fsp3) is 0.444. The van der Waals surface area contributed by atoms with Crippen LogP contribution in [0.15, 0.2) is 42.0 Å². The fourth-order valence-corrected chi connectivity index (χ4v) is 1.96. The SMILES string of the molecule is CC(C)=CC(=O)O[C@H](C)C(=O)N[C@H](C)CCc1ccccc1. The lowest BCUT2D eigenvalue weighted by Gasteiger charge is -2.17. The molecule has 0 unspecified atom stereocenters. The highest BCUT2D eigenvalue weighted by Gasteiger charge is 2.18. The largest absolute Gasteiger partial charge is 0.449 e. The first-order chi connectivity index (χ1) is 10.4. The normalized spacial score (nSPS) is 12.9. The molecule has 1 N–H and O–H groups in total. The summed E-state index contributed by atoms with van der Waals surface area (Å²) < 4.78 is 5.06. The summed E-state index contributed by atoms with van der Waals surface area (Å²) in [4.78, 5) is 23.5. The molecule has 1 aromatic rings. The molecule has 0 aliphatic rings. The summed E-state index contributed by atoms with van der Waals surface area (Å²) >= 11 is 0. The van der Waals surface area contributed by atoms with Crippen molar-refractivity contribution in [3.63, 3.8) is 0 Å². The Balaban J connectivity index is 2.36. The topological polar surface area (TPSA) is 55.4 Å². The smallest absolute Gasteiger partial charge is 0.331 e. The fourth-order valence-electron chi connectivity index (χ4n) is 1.96. The van der Waals surface area contributed by atoms with Gasteiger partial charge in [0.05, 0.1) is 0 Å². The molecule has 4 heteroatoms. The van der Waals surface area contributed by atoms with E-state index in [1.54, 1.807) is 20.8 Å². The van der Waals surface area contributed by atoms with Gasteiger partial charge in [-0.3, -0.25) is 4.79 Å². The summed E-state index contributed by atoms with van der Waals surface area (Å²) in [6.45, 7) is 7.14. The molecule has 1 aromatic carbocycles. The maximum atomic E-state index is 12.0. The standard InChI is InChI=1S/C18H25NO3/c1-13(2)12-17(20)22-15(4)18(21)19-14(3)10-11-16-8-6-5-7-9-16/h5-9,12,14-15H,10-11H2,1-4H3,(H,19,21)/t14-,15-/m1/s1. The molecule has 0 radical (unpaired) electrons. The van der Waals surface area contributed by atoms with Crippen LogP contribution in [0.4, 0.5) is 0 Å². The second-order valence-electron chi connectivity index (χ2n) is 5.73. The van der Waals surface area contributed by atoms with Gasteiger partial charge in [-0.25, -0.2) is 4.79 Å². The number of amides is 1. The Morgan fingerprint density at radius 1 is 1.18 bits per heavy atom. The van der Waals surface area contributed by atoms with Gasteiger partial charge in [-0.1, -0.05) is 35.9 Å². The van der Waals surface area contributed by atoms with Gasteiger partial charge in [0.1, 0.15) is 0 Å². The van der Waals surface area contributed by atoms with Crippen molar-refractivity contribution in [3.05, 3.63) is 47.5 Å². The molecule has 0 fully saturated rings. The van der Waals surface area contributed by atoms with Crippen molar-refractivity contribution in [1.29, 1.82) is 0 Å². The number of hydrogen-bond acceptors (Lipinski definition) is 3. The third kappa shape index (κ3) is 7.07. The Kier molecular flexibility index (Phi) is 7.37. The zero-order chi connectivity index (χ0) is 16.5. The predicted molar refractivity (Wildman–Crippen MR) is 87.4 cm³/mol. The van der Waals surface area contributed by atoms with Crippen LogP contribution < -0.4 is 5.32 Å². The van der Waals surface area contributed by atoms with Gasteiger partial charge in [0.15, 0.2) is 6.10 Å². The van der Waals surface area contributed by atoms with Gasteiger partial charge in [0.2, 0.25) is 0 Å². The summed E-state index contributed by atoms with van der Waals surface area (Å²) in [5.41, 5.74) is 2.08. The maximum Gasteiger partial charge on any atom is 0.331 e. The van der Waals surface area contributed by atoms with Gasteiger partial charge in [0, 0.05) is 12.1 Å². The molecule has 22 heavy (non-hydrogen) atoms. The lowest BCUT2D eigenvalue weighted by molar-refractivity contribution is -0.150. The second kappa shape index (κ2) is 9.03. The summed E-state index contributed by atoms with van der Waals surface area (Å²) in [6, 6.07) is 10.2. The molecule has 0 saturated carbocycles. The monoisotopic (exact) mass is 303 g/mol. The predicted octanol–water partition coefficient (Wildman–Crippen LogP) is 3.02. The molecule has 4 nitrogen and oxygen atoms in total. The first kappa shape index (κ1) is 18.0. The van der Waals surface area contributed by atoms with E-state index >= 15 is 0 Å². The summed E-state index contributed by atoms with van der Waals surface area (Å²) in [5.74, 6) is -0.754. The van der Waals surface area contributed by atoms with Crippen molar-refractivity contribution in [3.8, 4) is 0 Å². The summed E-state index contributed by atoms with van der Waals surface area (Å²) in [6.07, 6.45) is 2.32. The number of esters is 1. The molecule has 1 amide bonds. The van der Waals surface area contributed by atoms with Crippen LogP contribution in [-0.4, -0.2) is 24.0 Å². The van der Waals surface area contributed by atoms with Gasteiger partial charge in [-0.2, -0.15) is 0 Å². The van der Waals surface area contributed by atoms with Crippen LogP contribution >= 0.6 is 0 Å². The minimum Gasteiger partial charge on any atom is -0.449 e. The zero-order valence-corrected chi connectivity index (χ0v) is 13.8. The van der Waals surface area contributed by atoms with E-state index in [1.807, 2.05) is 25.1 Å². The van der Waals surface area contributed by atoms with Gasteiger partial charge in [-0.15, -0.1) is 0 Å². The lowest BCUT2D eigenvalue weighted by Crippen LogP contribution is -2.40. The van der Waals surface area contributed by atoms with Crippen molar-refractivity contribution in [2.24, 2.45) is 0 Å². The third-order valence-electron chi connectivity index (χ3n) is 3.17. The van der Waals surface area contributed by atoms with Crippen LogP contribution in [0.3, 0.4) is 0 Å². The highest BCUT2D eigenvalue weighted by Crippen LogP contribution is 2.05. The molecular weight excluding hydrogens is 278 g/mol. The van der Waals surface area contributed by atoms with E-state index < -0.39 is 12.1 Å². The molecular formula is C18H25NO3. The van der Waals surface area contributed by atoms with Crippen molar-refractivity contribution >= 4 is 11.9 Å². The van der Waals surface area contributed by atoms with Crippen LogP contribution in [0, 0.1) is 0 Å². The lowest BCUT2D eigenvalue weighted by atomic mass is 10.1. The number of benzene rings is 1. The molecule has 0 spiro atoms. The van der Waals surface area contributed by atoms with Crippen LogP contribution in [-0.2, 0) is 20.7 Å². The average Bonchev–Trinajstić information content (AvgIpc) is 2.45. The summed E-state index contributed by atoms with van der Waals surface area (Å²) in [7, 11) is 0. The van der Waals surface area contributed by atoms with E-state index in [2.05, 4.69) is 17.4 Å². The zero-order valence-electron chi connectivity index (χ0n) is 13.8. The van der Waals surface area contributed by atoms with Crippen LogP contribution in [0.25, 0.3) is 0 Å². The van der Waals surface area contributed by atoms with E-state index in [9.17, 15) is 9.59 Å². The van der Waals surface area contributed by atoms with E-state index in [1.165, 1.54) is 11.6 Å². The van der Waals surface area contributed by atoms with Crippen molar-refractivity contribution in [2.45, 2.75) is 52.7 Å². The molecule has 120 valence electrons. The Hall–Kier alpha value is -2.10. The highest BCUT2D eigenvalue weighted by molar-refractivity contribution is 5.87. The number of carbonyl (C=O) groups excluding carboxylic acids is 2. The average molecular weight is 303 g/mol. The molecule has 0 saturated heterocycles. The van der Waals surface area contributed by atoms with E-state index in [4.69, 9.17) is 4.74 Å². The van der Waals surface area contributed by atoms with E-state index in [0.29, 0.717) is 0 Å². The Bertz CT molecular complexity index is 518. The van der Waals surface area contributed by atoms with E-state index in [0.717, 1.165) is 18.4 Å². The maximum absolute atomic E-state index is 12.0. The molecule has 0 aromatic heterocycles. The van der Waals surface area contributed by atoms with Crippen molar-refractivity contribution in [2.75, 3.05) is 0 Å². The molecule has 0 bridgehead atoms. The number of nitrogens with one attached hydrogen (secondary N) is 1. The quantitative estimate of drug-likeness (QED) is 0.622. The minimum atomic E-state index is -0.790. The number of aryl methyl sites for hydroxylation is 1. The van der Waals surface area contributed by atoms with Crippen LogP contribution in [0.2, 0.25) is 0 Å². The van der Waals surface area contributed by atoms with Gasteiger partial charge in [0.25, 0.3) is 5.91 Å². The third-order valence-corrected chi connectivity index (χ3v) is 3.17. The second-order valence-corrected chi connectivity index (χ2v) is 5.73. The number of hydrogen-bond donors (Lipinski definition) is 1. The van der Waals surface area contributed by atoms with Crippen LogP contribution in [0.5, 0.6) is 0 Å². The Morgan fingerprint density at radius 2 is 1.82 bits per heavy atom. The highest BCUT2D eigenvalue weighted by atomic mass is 16.5. The van der Waals surface area contributed by atoms with Gasteiger partial charge >= 0.3 is 5.97 Å². The van der Waals surface area contributed by atoms with Crippen LogP contribution in [0.1, 0.15) is 39.7 Å². The molecule has 2 atom stereocenters. The van der Waals surface area contributed by atoms with Gasteiger partial charge in [-0.05, 0) is 46.1 Å². The first-order valence-electron chi connectivity index (χ1n) is 7.58. The Morgan fingerprint density at radius 3 is 2.41 bits per heavy atom. The first-order valence-corrected chi connectivity index (χ1v) is 7.58. The molecule has 1 rings (SSSR count). The molecule has 0 aliphatic heterocycles. The minimum absolute atomic E-state index is 0.0253. The van der Waals surface area contributed by atoms with Crippen molar-refractivity contribution < 1.29 is 14.3 Å².